The molecule has 4 nitrogen and oxygen atoms in total. The van der Waals surface area contributed by atoms with Crippen molar-refractivity contribution in [3.05, 3.63) is 17.5 Å². The summed E-state index contributed by atoms with van der Waals surface area (Å²) >= 11 is 0. The van der Waals surface area contributed by atoms with E-state index in [1.165, 1.54) is 5.56 Å². The lowest BCUT2D eigenvalue weighted by molar-refractivity contribution is 0.626. The quantitative estimate of drug-likeness (QED) is 0.563. The van der Waals surface area contributed by atoms with E-state index in [0.29, 0.717) is 0 Å². The minimum Gasteiger partial charge on any atom is -0.330 e. The highest BCUT2D eigenvalue weighted by molar-refractivity contribution is 5.13. The number of hydrogen-bond donors (Lipinski definition) is 3. The van der Waals surface area contributed by atoms with Crippen molar-refractivity contribution in [1.29, 1.82) is 0 Å². The number of nitrogens with zero attached hydrogens (tertiary/aromatic N) is 1. The molecule has 0 aromatic carbocycles. The van der Waals surface area contributed by atoms with E-state index in [1.54, 1.807) is 0 Å². The smallest absolute Gasteiger partial charge is 0.0535 e. The number of aromatic amines is 1. The lowest BCUT2D eigenvalue weighted by Crippen LogP contribution is -2.16. The molecule has 0 saturated heterocycles. The van der Waals surface area contributed by atoms with Crippen LogP contribution in [0.4, 0.5) is 0 Å². The Labute approximate surface area is 78.9 Å². The van der Waals surface area contributed by atoms with E-state index < -0.39 is 0 Å². The van der Waals surface area contributed by atoms with Crippen LogP contribution in [-0.4, -0.2) is 23.3 Å². The number of aryl methyl sites for hydroxylation is 1. The van der Waals surface area contributed by atoms with Gasteiger partial charge in [-0.3, -0.25) is 5.10 Å². The zero-order valence-corrected chi connectivity index (χ0v) is 8.14. The summed E-state index contributed by atoms with van der Waals surface area (Å²) in [5.41, 5.74) is 7.77. The number of nitrogens with two attached hydrogens (primary N) is 1. The van der Waals surface area contributed by atoms with Crippen molar-refractivity contribution in [2.45, 2.75) is 26.3 Å². The molecule has 0 unspecified atom stereocenters. The Morgan fingerprint density at radius 2 is 2.38 bits per heavy atom. The largest absolute Gasteiger partial charge is 0.330 e. The summed E-state index contributed by atoms with van der Waals surface area (Å²) < 4.78 is 0. The summed E-state index contributed by atoms with van der Waals surface area (Å²) in [6.45, 7) is 4.74. The van der Waals surface area contributed by atoms with E-state index in [2.05, 4.69) is 15.5 Å². The second-order valence-electron chi connectivity index (χ2n) is 3.19. The third-order valence-electron chi connectivity index (χ3n) is 2.06. The van der Waals surface area contributed by atoms with Crippen molar-refractivity contribution < 1.29 is 0 Å². The first-order valence-corrected chi connectivity index (χ1v) is 4.74. The molecular formula is C9H18N4. The Bertz CT molecular complexity index is 231. The van der Waals surface area contributed by atoms with Gasteiger partial charge in [-0.05, 0) is 32.9 Å². The zero-order chi connectivity index (χ0) is 9.52. The molecule has 0 spiro atoms. The van der Waals surface area contributed by atoms with E-state index in [-0.39, 0.29) is 0 Å². The lowest BCUT2D eigenvalue weighted by Gasteiger charge is -2.02. The SMILES string of the molecule is Cc1[nH]ncc1CNCCCCN. The van der Waals surface area contributed by atoms with Crippen LogP contribution in [0.5, 0.6) is 0 Å². The predicted octanol–water partition coefficient (Wildman–Crippen LogP) is 0.547. The molecule has 0 bridgehead atoms. The third kappa shape index (κ3) is 3.57. The first-order valence-electron chi connectivity index (χ1n) is 4.74. The van der Waals surface area contributed by atoms with Crippen molar-refractivity contribution in [1.82, 2.24) is 15.5 Å². The molecule has 0 aliphatic rings. The van der Waals surface area contributed by atoms with Crippen LogP contribution in [0.1, 0.15) is 24.1 Å². The van der Waals surface area contributed by atoms with Gasteiger partial charge >= 0.3 is 0 Å². The van der Waals surface area contributed by atoms with E-state index in [4.69, 9.17) is 5.73 Å². The number of H-pyrrole nitrogens is 1. The highest BCUT2D eigenvalue weighted by Crippen LogP contribution is 2.00. The Hall–Kier alpha value is -0.870. The average Bonchev–Trinajstić information content (AvgIpc) is 2.52. The van der Waals surface area contributed by atoms with Crippen molar-refractivity contribution in [3.63, 3.8) is 0 Å². The van der Waals surface area contributed by atoms with E-state index >= 15 is 0 Å². The minimum atomic E-state index is 0.784. The highest BCUT2D eigenvalue weighted by Gasteiger charge is 1.97. The summed E-state index contributed by atoms with van der Waals surface area (Å²) in [4.78, 5) is 0. The molecule has 0 atom stereocenters. The van der Waals surface area contributed by atoms with Gasteiger partial charge < -0.3 is 11.1 Å². The molecule has 0 amide bonds. The summed E-state index contributed by atoms with van der Waals surface area (Å²) in [6, 6.07) is 0. The number of aromatic nitrogens is 2. The monoisotopic (exact) mass is 182 g/mol. The molecule has 1 heterocycles. The molecule has 1 aromatic rings. The van der Waals surface area contributed by atoms with Crippen LogP contribution in [0.25, 0.3) is 0 Å². The molecule has 1 aromatic heterocycles. The Balaban J connectivity index is 2.10. The molecular weight excluding hydrogens is 164 g/mol. The maximum Gasteiger partial charge on any atom is 0.0535 e. The summed E-state index contributed by atoms with van der Waals surface area (Å²) in [7, 11) is 0. The van der Waals surface area contributed by atoms with Gasteiger partial charge in [0, 0.05) is 17.8 Å². The van der Waals surface area contributed by atoms with Crippen LogP contribution in [0, 0.1) is 6.92 Å². The second kappa shape index (κ2) is 5.72. The first kappa shape index (κ1) is 10.2. The number of unbranched alkanes of at least 4 members (excludes halogenated alkanes) is 1. The fourth-order valence-corrected chi connectivity index (χ4v) is 1.17. The van der Waals surface area contributed by atoms with Gasteiger partial charge in [-0.2, -0.15) is 5.10 Å². The maximum atomic E-state index is 5.39. The normalized spacial score (nSPS) is 10.6. The molecule has 0 aliphatic heterocycles. The van der Waals surface area contributed by atoms with Gasteiger partial charge in [0.25, 0.3) is 0 Å². The van der Waals surface area contributed by atoms with Crippen LogP contribution >= 0.6 is 0 Å². The fraction of sp³-hybridized carbons (Fsp3) is 0.667. The number of rotatable bonds is 6. The summed E-state index contributed by atoms with van der Waals surface area (Å²) in [6.07, 6.45) is 4.11. The van der Waals surface area contributed by atoms with E-state index in [0.717, 1.165) is 38.2 Å². The van der Waals surface area contributed by atoms with Crippen LogP contribution < -0.4 is 11.1 Å². The van der Waals surface area contributed by atoms with Crippen LogP contribution in [0.15, 0.2) is 6.20 Å². The molecule has 4 N–H and O–H groups in total. The van der Waals surface area contributed by atoms with Crippen LogP contribution in [0.2, 0.25) is 0 Å². The lowest BCUT2D eigenvalue weighted by atomic mass is 10.2. The van der Waals surface area contributed by atoms with Gasteiger partial charge in [-0.1, -0.05) is 0 Å². The van der Waals surface area contributed by atoms with Gasteiger partial charge in [0.05, 0.1) is 6.20 Å². The zero-order valence-electron chi connectivity index (χ0n) is 8.14. The van der Waals surface area contributed by atoms with Gasteiger partial charge in [-0.25, -0.2) is 0 Å². The van der Waals surface area contributed by atoms with Gasteiger partial charge in [0.1, 0.15) is 0 Å². The molecule has 4 heteroatoms. The van der Waals surface area contributed by atoms with Crippen molar-refractivity contribution in [2.24, 2.45) is 5.73 Å². The molecule has 1 rings (SSSR count). The fourth-order valence-electron chi connectivity index (χ4n) is 1.17. The summed E-state index contributed by atoms with van der Waals surface area (Å²) in [5.74, 6) is 0. The van der Waals surface area contributed by atoms with Gasteiger partial charge in [0.2, 0.25) is 0 Å². The molecule has 0 radical (unpaired) electrons. The molecule has 74 valence electrons. The van der Waals surface area contributed by atoms with Crippen molar-refractivity contribution >= 4 is 0 Å². The minimum absolute atomic E-state index is 0.784. The number of nitrogens with one attached hydrogen (secondary N) is 2. The average molecular weight is 182 g/mol. The maximum absolute atomic E-state index is 5.39. The Kier molecular flexibility index (Phi) is 4.49. The highest BCUT2D eigenvalue weighted by atomic mass is 15.1. The van der Waals surface area contributed by atoms with Crippen molar-refractivity contribution in [2.75, 3.05) is 13.1 Å². The molecule has 0 saturated carbocycles. The molecule has 0 fully saturated rings. The molecule has 13 heavy (non-hydrogen) atoms. The Morgan fingerprint density at radius 1 is 1.54 bits per heavy atom. The Morgan fingerprint density at radius 3 is 3.00 bits per heavy atom. The third-order valence-corrected chi connectivity index (χ3v) is 2.06. The van der Waals surface area contributed by atoms with Crippen LogP contribution in [-0.2, 0) is 6.54 Å². The first-order chi connectivity index (χ1) is 6.34. The van der Waals surface area contributed by atoms with Gasteiger partial charge in [-0.15, -0.1) is 0 Å². The van der Waals surface area contributed by atoms with Crippen molar-refractivity contribution in [3.8, 4) is 0 Å². The molecule has 0 aliphatic carbocycles. The van der Waals surface area contributed by atoms with E-state index in [9.17, 15) is 0 Å². The predicted molar refractivity (Wildman–Crippen MR) is 53.3 cm³/mol. The van der Waals surface area contributed by atoms with Gasteiger partial charge in [0.15, 0.2) is 0 Å². The van der Waals surface area contributed by atoms with Crippen LogP contribution in [0.3, 0.4) is 0 Å². The second-order valence-corrected chi connectivity index (χ2v) is 3.19. The summed E-state index contributed by atoms with van der Waals surface area (Å²) in [5, 5.41) is 10.2. The van der Waals surface area contributed by atoms with E-state index in [1.807, 2.05) is 13.1 Å². The standard InChI is InChI=1S/C9H18N4/c1-8-9(7-12-13-8)6-11-5-3-2-4-10/h7,11H,2-6,10H2,1H3,(H,12,13). The topological polar surface area (TPSA) is 66.7 Å². The number of hydrogen-bond acceptors (Lipinski definition) is 3.